The number of hydrogen-bond donors (Lipinski definition) is 1. The van der Waals surface area contributed by atoms with E-state index in [-0.39, 0.29) is 0 Å². The zero-order chi connectivity index (χ0) is 21.5. The molecule has 1 aromatic heterocycles. The van der Waals surface area contributed by atoms with Gasteiger partial charge in [-0.2, -0.15) is 5.10 Å². The Morgan fingerprint density at radius 1 is 1.00 bits per heavy atom. The number of anilines is 1. The SMILES string of the molecule is COc1cccc(C=NNc2nc(-c3ccccc3)cs2)c1OCc1ccc(C)cc1. The van der Waals surface area contributed by atoms with Crippen LogP contribution in [0.15, 0.2) is 83.3 Å². The van der Waals surface area contributed by atoms with Crippen molar-refractivity contribution in [1.29, 1.82) is 0 Å². The Balaban J connectivity index is 1.47. The third-order valence-corrected chi connectivity index (χ3v) is 5.42. The molecule has 4 rings (SSSR count). The Labute approximate surface area is 186 Å². The monoisotopic (exact) mass is 429 g/mol. The summed E-state index contributed by atoms with van der Waals surface area (Å²) < 4.78 is 11.6. The number of para-hydroxylation sites is 1. The van der Waals surface area contributed by atoms with E-state index in [9.17, 15) is 0 Å². The third-order valence-electron chi connectivity index (χ3n) is 4.67. The molecule has 156 valence electrons. The van der Waals surface area contributed by atoms with E-state index in [0.29, 0.717) is 18.1 Å². The molecule has 0 fully saturated rings. The second-order valence-corrected chi connectivity index (χ2v) is 7.78. The van der Waals surface area contributed by atoms with Gasteiger partial charge in [-0.15, -0.1) is 11.3 Å². The Morgan fingerprint density at radius 3 is 2.58 bits per heavy atom. The zero-order valence-corrected chi connectivity index (χ0v) is 18.2. The molecule has 0 radical (unpaired) electrons. The fourth-order valence-corrected chi connectivity index (χ4v) is 3.68. The van der Waals surface area contributed by atoms with Crippen LogP contribution in [0.3, 0.4) is 0 Å². The van der Waals surface area contributed by atoms with Gasteiger partial charge < -0.3 is 9.47 Å². The van der Waals surface area contributed by atoms with Crippen LogP contribution in [0.2, 0.25) is 0 Å². The number of benzene rings is 3. The van der Waals surface area contributed by atoms with Gasteiger partial charge in [0.25, 0.3) is 0 Å². The average Bonchev–Trinajstić information content (AvgIpc) is 3.28. The van der Waals surface area contributed by atoms with Crippen molar-refractivity contribution >= 4 is 22.7 Å². The summed E-state index contributed by atoms with van der Waals surface area (Å²) in [5.41, 5.74) is 8.14. The van der Waals surface area contributed by atoms with Gasteiger partial charge in [0, 0.05) is 16.5 Å². The molecular formula is C25H23N3O2S. The molecule has 0 aliphatic rings. The first-order valence-corrected chi connectivity index (χ1v) is 10.8. The van der Waals surface area contributed by atoms with Crippen LogP contribution in [0, 0.1) is 6.92 Å². The molecule has 1 heterocycles. The van der Waals surface area contributed by atoms with E-state index in [1.165, 1.54) is 16.9 Å². The first kappa shape index (κ1) is 20.6. The highest BCUT2D eigenvalue weighted by atomic mass is 32.1. The standard InChI is InChI=1S/C25H23N3O2S/c1-18-11-13-19(14-12-18)16-30-24-21(9-6-10-23(24)29-2)15-26-28-25-27-22(17-31-25)20-7-4-3-5-8-20/h3-15,17H,16H2,1-2H3,(H,27,28). The lowest BCUT2D eigenvalue weighted by Gasteiger charge is -2.13. The molecular weight excluding hydrogens is 406 g/mol. The van der Waals surface area contributed by atoms with Gasteiger partial charge in [-0.05, 0) is 24.6 Å². The zero-order valence-electron chi connectivity index (χ0n) is 17.4. The predicted molar refractivity (Wildman–Crippen MR) is 127 cm³/mol. The largest absolute Gasteiger partial charge is 0.493 e. The summed E-state index contributed by atoms with van der Waals surface area (Å²) in [5.74, 6) is 1.32. The second kappa shape index (κ2) is 9.91. The maximum Gasteiger partial charge on any atom is 0.203 e. The lowest BCUT2D eigenvalue weighted by atomic mass is 10.1. The quantitative estimate of drug-likeness (QED) is 0.269. The van der Waals surface area contributed by atoms with E-state index in [1.54, 1.807) is 13.3 Å². The fraction of sp³-hybridized carbons (Fsp3) is 0.120. The normalized spacial score (nSPS) is 10.9. The van der Waals surface area contributed by atoms with Crippen LogP contribution in [0.1, 0.15) is 16.7 Å². The summed E-state index contributed by atoms with van der Waals surface area (Å²) >= 11 is 1.51. The fourth-order valence-electron chi connectivity index (χ4n) is 3.01. The minimum atomic E-state index is 0.446. The molecule has 1 N–H and O–H groups in total. The number of nitrogens with zero attached hydrogens (tertiary/aromatic N) is 2. The van der Waals surface area contributed by atoms with E-state index in [2.05, 4.69) is 46.7 Å². The number of aryl methyl sites for hydroxylation is 1. The molecule has 0 saturated heterocycles. The van der Waals surface area contributed by atoms with Crippen molar-refractivity contribution in [2.24, 2.45) is 5.10 Å². The molecule has 0 amide bonds. The maximum absolute atomic E-state index is 6.09. The van der Waals surface area contributed by atoms with Crippen LogP contribution in [-0.4, -0.2) is 18.3 Å². The van der Waals surface area contributed by atoms with Gasteiger partial charge in [0.2, 0.25) is 5.13 Å². The summed E-state index contributed by atoms with van der Waals surface area (Å²) in [4.78, 5) is 4.59. The number of hydrogen-bond acceptors (Lipinski definition) is 6. The number of ether oxygens (including phenoxy) is 2. The summed E-state index contributed by atoms with van der Waals surface area (Å²) in [5, 5.41) is 7.09. The number of rotatable bonds is 8. The van der Waals surface area contributed by atoms with Gasteiger partial charge in [0.1, 0.15) is 6.61 Å². The van der Waals surface area contributed by atoms with Crippen molar-refractivity contribution in [3.05, 3.63) is 94.9 Å². The van der Waals surface area contributed by atoms with Crippen molar-refractivity contribution in [2.75, 3.05) is 12.5 Å². The first-order chi connectivity index (χ1) is 15.2. The van der Waals surface area contributed by atoms with Gasteiger partial charge in [-0.3, -0.25) is 5.43 Å². The van der Waals surface area contributed by atoms with E-state index < -0.39 is 0 Å². The average molecular weight is 430 g/mol. The van der Waals surface area contributed by atoms with Crippen molar-refractivity contribution < 1.29 is 9.47 Å². The molecule has 0 aliphatic heterocycles. The van der Waals surface area contributed by atoms with Gasteiger partial charge >= 0.3 is 0 Å². The van der Waals surface area contributed by atoms with Crippen LogP contribution in [0.4, 0.5) is 5.13 Å². The lowest BCUT2D eigenvalue weighted by Crippen LogP contribution is -2.01. The van der Waals surface area contributed by atoms with Crippen LogP contribution >= 0.6 is 11.3 Å². The Hall–Kier alpha value is -3.64. The van der Waals surface area contributed by atoms with Crippen LogP contribution in [0.5, 0.6) is 11.5 Å². The summed E-state index contributed by atoms with van der Waals surface area (Å²) in [6, 6.07) is 24.1. The molecule has 5 nitrogen and oxygen atoms in total. The van der Waals surface area contributed by atoms with Crippen LogP contribution in [0.25, 0.3) is 11.3 Å². The molecule has 0 aliphatic carbocycles. The van der Waals surface area contributed by atoms with Crippen molar-refractivity contribution in [3.63, 3.8) is 0 Å². The molecule has 0 atom stereocenters. The minimum Gasteiger partial charge on any atom is -0.493 e. The van der Waals surface area contributed by atoms with Crippen molar-refractivity contribution in [1.82, 2.24) is 4.98 Å². The maximum atomic E-state index is 6.09. The molecule has 0 spiro atoms. The number of nitrogens with one attached hydrogen (secondary N) is 1. The van der Waals surface area contributed by atoms with E-state index in [4.69, 9.17) is 9.47 Å². The first-order valence-electron chi connectivity index (χ1n) is 9.88. The Morgan fingerprint density at radius 2 is 1.81 bits per heavy atom. The van der Waals surface area contributed by atoms with Crippen molar-refractivity contribution in [2.45, 2.75) is 13.5 Å². The molecule has 3 aromatic carbocycles. The van der Waals surface area contributed by atoms with Gasteiger partial charge in [0.15, 0.2) is 11.5 Å². The Kier molecular flexibility index (Phi) is 6.59. The van der Waals surface area contributed by atoms with Gasteiger partial charge in [-0.1, -0.05) is 66.2 Å². The number of thiazole rings is 1. The highest BCUT2D eigenvalue weighted by Gasteiger charge is 2.10. The predicted octanol–water partition coefficient (Wildman–Crippen LogP) is 6.15. The number of aromatic nitrogens is 1. The van der Waals surface area contributed by atoms with E-state index >= 15 is 0 Å². The van der Waals surface area contributed by atoms with Crippen LogP contribution in [-0.2, 0) is 6.61 Å². The van der Waals surface area contributed by atoms with Crippen molar-refractivity contribution in [3.8, 4) is 22.8 Å². The topological polar surface area (TPSA) is 55.7 Å². The Bertz CT molecular complexity index is 1160. The minimum absolute atomic E-state index is 0.446. The smallest absolute Gasteiger partial charge is 0.203 e. The molecule has 31 heavy (non-hydrogen) atoms. The second-order valence-electron chi connectivity index (χ2n) is 6.93. The molecule has 0 unspecified atom stereocenters. The van der Waals surface area contributed by atoms with Gasteiger partial charge in [-0.25, -0.2) is 4.98 Å². The molecule has 0 saturated carbocycles. The summed E-state index contributed by atoms with van der Waals surface area (Å²) in [7, 11) is 1.63. The summed E-state index contributed by atoms with van der Waals surface area (Å²) in [6.45, 7) is 2.51. The molecule has 6 heteroatoms. The third kappa shape index (κ3) is 5.29. The van der Waals surface area contributed by atoms with E-state index in [1.807, 2.05) is 53.9 Å². The molecule has 0 bridgehead atoms. The number of methoxy groups -OCH3 is 1. The lowest BCUT2D eigenvalue weighted by molar-refractivity contribution is 0.284. The van der Waals surface area contributed by atoms with Gasteiger partial charge in [0.05, 0.1) is 19.0 Å². The van der Waals surface area contributed by atoms with E-state index in [0.717, 1.165) is 27.5 Å². The van der Waals surface area contributed by atoms with Crippen LogP contribution < -0.4 is 14.9 Å². The molecule has 4 aromatic rings. The highest BCUT2D eigenvalue weighted by molar-refractivity contribution is 7.14. The summed E-state index contributed by atoms with van der Waals surface area (Å²) in [6.07, 6.45) is 1.72. The number of hydrazone groups is 1. The highest BCUT2D eigenvalue weighted by Crippen LogP contribution is 2.31.